The normalized spacial score (nSPS) is 21.6. The first-order chi connectivity index (χ1) is 16.9. The third-order valence-corrected chi connectivity index (χ3v) is 6.98. The van der Waals surface area contributed by atoms with Gasteiger partial charge in [-0.2, -0.15) is 10.6 Å². The fourth-order valence-electron chi connectivity index (χ4n) is 5.17. The third kappa shape index (κ3) is 4.73. The van der Waals surface area contributed by atoms with Crippen molar-refractivity contribution in [2.45, 2.75) is 50.9 Å². The topological polar surface area (TPSA) is 156 Å². The van der Waals surface area contributed by atoms with Gasteiger partial charge in [-0.15, -0.1) is 0 Å². The lowest BCUT2D eigenvalue weighted by molar-refractivity contribution is 0.0605. The Kier molecular flexibility index (Phi) is 6.67. The number of aryl methyl sites for hydroxylation is 1. The summed E-state index contributed by atoms with van der Waals surface area (Å²) < 4.78 is 1.83. The van der Waals surface area contributed by atoms with Gasteiger partial charge < -0.3 is 21.3 Å². The zero-order chi connectivity index (χ0) is 24.5. The number of hydrogen-bond donors (Lipinski definition) is 5. The molecular formula is C24H34N10O. The minimum atomic E-state index is -0.531. The van der Waals surface area contributed by atoms with Crippen LogP contribution in [-0.2, 0) is 0 Å². The molecule has 11 heteroatoms. The molecule has 2 aliphatic heterocycles. The summed E-state index contributed by atoms with van der Waals surface area (Å²) in [7, 11) is 0. The number of hydrazine groups is 2. The van der Waals surface area contributed by atoms with E-state index < -0.39 is 6.17 Å². The van der Waals surface area contributed by atoms with Gasteiger partial charge in [0.25, 0.3) is 5.91 Å². The zero-order valence-electron chi connectivity index (χ0n) is 20.0. The highest BCUT2D eigenvalue weighted by Crippen LogP contribution is 2.33. The van der Waals surface area contributed by atoms with Gasteiger partial charge in [-0.05, 0) is 50.3 Å². The van der Waals surface area contributed by atoms with Gasteiger partial charge >= 0.3 is 0 Å². The quantitative estimate of drug-likeness (QED) is 0.197. The molecule has 0 radical (unpaired) electrons. The zero-order valence-corrected chi connectivity index (χ0v) is 20.0. The predicted molar refractivity (Wildman–Crippen MR) is 134 cm³/mol. The largest absolute Gasteiger partial charge is 0.355 e. The highest BCUT2D eigenvalue weighted by atomic mass is 16.2. The lowest BCUT2D eigenvalue weighted by Gasteiger charge is -2.35. The van der Waals surface area contributed by atoms with E-state index in [1.807, 2.05) is 45.9 Å². The molecule has 2 aromatic heterocycles. The molecule has 2 saturated heterocycles. The Hall–Kier alpha value is -3.09. The van der Waals surface area contributed by atoms with Crippen LogP contribution in [0.3, 0.4) is 0 Å². The smallest absolute Gasteiger partial charge is 0.254 e. The van der Waals surface area contributed by atoms with Crippen LogP contribution in [0.1, 0.15) is 65.1 Å². The van der Waals surface area contributed by atoms with Crippen LogP contribution in [0.15, 0.2) is 36.5 Å². The Morgan fingerprint density at radius 2 is 2.06 bits per heavy atom. The van der Waals surface area contributed by atoms with Crippen molar-refractivity contribution in [3.63, 3.8) is 0 Å². The SMILES string of the molecule is Cc1cn2nc([C@@H]3CCCCN3C(=O)c3cccc(C(N)NNN)c3)cc2nc1N1CC[C@H](N)C1. The molecule has 35 heavy (non-hydrogen) atoms. The number of anilines is 1. The summed E-state index contributed by atoms with van der Waals surface area (Å²) in [5, 5.41) is 4.84. The predicted octanol–water partition coefficient (Wildman–Crippen LogP) is 0.868. The first-order valence-electron chi connectivity index (χ1n) is 12.2. The van der Waals surface area contributed by atoms with Gasteiger partial charge in [-0.25, -0.2) is 14.9 Å². The molecule has 0 aliphatic carbocycles. The maximum Gasteiger partial charge on any atom is 0.254 e. The summed E-state index contributed by atoms with van der Waals surface area (Å²) in [5.74, 6) is 6.25. The summed E-state index contributed by atoms with van der Waals surface area (Å²) in [4.78, 5) is 22.7. The molecule has 1 unspecified atom stereocenters. The van der Waals surface area contributed by atoms with Crippen molar-refractivity contribution in [3.8, 4) is 0 Å². The van der Waals surface area contributed by atoms with E-state index in [4.69, 9.17) is 27.4 Å². The number of carbonyl (C=O) groups is 1. The van der Waals surface area contributed by atoms with Gasteiger partial charge in [0.2, 0.25) is 0 Å². The molecule has 5 rings (SSSR count). The second-order valence-electron chi connectivity index (χ2n) is 9.52. The summed E-state index contributed by atoms with van der Waals surface area (Å²) in [6, 6.07) is 9.42. The molecule has 2 aliphatic rings. The van der Waals surface area contributed by atoms with Crippen molar-refractivity contribution >= 4 is 17.4 Å². The van der Waals surface area contributed by atoms with Gasteiger partial charge in [0.05, 0.1) is 17.9 Å². The number of piperidine rings is 1. The lowest BCUT2D eigenvalue weighted by atomic mass is 9.97. The van der Waals surface area contributed by atoms with Crippen LogP contribution < -0.4 is 33.2 Å². The molecule has 0 saturated carbocycles. The number of nitrogens with two attached hydrogens (primary N) is 3. The van der Waals surface area contributed by atoms with E-state index in [9.17, 15) is 4.79 Å². The van der Waals surface area contributed by atoms with Crippen molar-refractivity contribution in [3.05, 3.63) is 58.9 Å². The minimum Gasteiger partial charge on any atom is -0.355 e. The van der Waals surface area contributed by atoms with Crippen molar-refractivity contribution in [1.29, 1.82) is 0 Å². The number of nitrogens with zero attached hydrogens (tertiary/aromatic N) is 5. The van der Waals surface area contributed by atoms with Gasteiger partial charge in [0, 0.05) is 49.1 Å². The molecule has 3 atom stereocenters. The van der Waals surface area contributed by atoms with Crippen molar-refractivity contribution in [2.24, 2.45) is 17.3 Å². The molecule has 0 bridgehead atoms. The molecule has 3 aromatic rings. The number of likely N-dealkylation sites (tertiary alicyclic amines) is 1. The highest BCUT2D eigenvalue weighted by molar-refractivity contribution is 5.94. The molecule has 1 aromatic carbocycles. The Balaban J connectivity index is 1.43. The Bertz CT molecular complexity index is 1210. The number of nitrogens with one attached hydrogen (secondary N) is 2. The molecule has 8 N–H and O–H groups in total. The number of hydrogen-bond acceptors (Lipinski definition) is 9. The van der Waals surface area contributed by atoms with Gasteiger partial charge in [0.1, 0.15) is 5.82 Å². The van der Waals surface area contributed by atoms with Crippen LogP contribution in [0.5, 0.6) is 0 Å². The maximum absolute atomic E-state index is 13.6. The lowest BCUT2D eigenvalue weighted by Crippen LogP contribution is -2.44. The monoisotopic (exact) mass is 478 g/mol. The number of benzene rings is 1. The van der Waals surface area contributed by atoms with Gasteiger partial charge in [-0.1, -0.05) is 12.1 Å². The van der Waals surface area contributed by atoms with Crippen LogP contribution in [0, 0.1) is 6.92 Å². The van der Waals surface area contributed by atoms with E-state index in [1.165, 1.54) is 0 Å². The molecular weight excluding hydrogens is 444 g/mol. The number of aromatic nitrogens is 3. The Morgan fingerprint density at radius 3 is 2.83 bits per heavy atom. The van der Waals surface area contributed by atoms with Crippen molar-refractivity contribution in [1.82, 2.24) is 30.5 Å². The van der Waals surface area contributed by atoms with Gasteiger partial charge in [0.15, 0.2) is 5.65 Å². The van der Waals surface area contributed by atoms with Crippen LogP contribution in [0.25, 0.3) is 5.65 Å². The molecule has 0 spiro atoms. The van der Waals surface area contributed by atoms with E-state index in [0.29, 0.717) is 12.1 Å². The number of fused-ring (bicyclic) bond motifs is 1. The number of carbonyl (C=O) groups excluding carboxylic acids is 1. The van der Waals surface area contributed by atoms with Crippen LogP contribution >= 0.6 is 0 Å². The van der Waals surface area contributed by atoms with Crippen LogP contribution in [0.4, 0.5) is 5.82 Å². The first kappa shape index (κ1) is 23.6. The fourth-order valence-corrected chi connectivity index (χ4v) is 5.17. The average Bonchev–Trinajstić information content (AvgIpc) is 3.49. The summed E-state index contributed by atoms with van der Waals surface area (Å²) in [5.41, 5.74) is 21.4. The molecule has 1 amide bonds. The van der Waals surface area contributed by atoms with E-state index in [0.717, 1.165) is 67.1 Å². The Morgan fingerprint density at radius 1 is 1.20 bits per heavy atom. The summed E-state index contributed by atoms with van der Waals surface area (Å²) in [6.45, 7) is 4.46. The average molecular weight is 479 g/mol. The van der Waals surface area contributed by atoms with E-state index in [1.54, 1.807) is 0 Å². The molecule has 186 valence electrons. The number of amides is 1. The third-order valence-electron chi connectivity index (χ3n) is 6.98. The molecule has 2 fully saturated rings. The summed E-state index contributed by atoms with van der Waals surface area (Å²) >= 11 is 0. The highest BCUT2D eigenvalue weighted by Gasteiger charge is 2.31. The second kappa shape index (κ2) is 9.88. The molecule has 4 heterocycles. The van der Waals surface area contributed by atoms with Crippen molar-refractivity contribution < 1.29 is 4.79 Å². The first-order valence-corrected chi connectivity index (χ1v) is 12.2. The van der Waals surface area contributed by atoms with E-state index in [2.05, 4.69) is 22.8 Å². The van der Waals surface area contributed by atoms with E-state index >= 15 is 0 Å². The maximum atomic E-state index is 13.6. The van der Waals surface area contributed by atoms with E-state index in [-0.39, 0.29) is 18.0 Å². The fraction of sp³-hybridized carbons (Fsp3) is 0.458. The van der Waals surface area contributed by atoms with Crippen LogP contribution in [0.2, 0.25) is 0 Å². The minimum absolute atomic E-state index is 0.0302. The number of rotatable bonds is 6. The van der Waals surface area contributed by atoms with Crippen molar-refractivity contribution in [2.75, 3.05) is 24.5 Å². The second-order valence-corrected chi connectivity index (χ2v) is 9.52. The van der Waals surface area contributed by atoms with Gasteiger partial charge in [-0.3, -0.25) is 10.6 Å². The standard InChI is InChI=1S/C24H34N10O/c1-15-13-34-21(28-23(15)32-10-8-18(25)14-32)12-19(30-34)20-7-2-3-9-33(20)24(35)17-6-4-5-16(11-17)22(26)29-31-27/h4-6,11-13,18,20,22,29,31H,2-3,7-10,14,25-27H2,1H3/t18-,20-,22?/m0/s1. The Labute approximate surface area is 204 Å². The molecule has 11 nitrogen and oxygen atoms in total. The van der Waals surface area contributed by atoms with Crippen LogP contribution in [-0.4, -0.2) is 51.1 Å². The summed E-state index contributed by atoms with van der Waals surface area (Å²) in [6.07, 6.45) is 5.33.